The predicted molar refractivity (Wildman–Crippen MR) is 78.4 cm³/mol. The summed E-state index contributed by atoms with van der Waals surface area (Å²) in [5, 5.41) is 12.4. The maximum atomic E-state index is 9.29. The molecule has 4 N–H and O–H groups in total. The smallest absolute Gasteiger partial charge is 0.104 e. The van der Waals surface area contributed by atoms with Gasteiger partial charge in [-0.05, 0) is 39.2 Å². The molecule has 1 unspecified atom stereocenters. The zero-order chi connectivity index (χ0) is 13.8. The average Bonchev–Trinajstić information content (AvgIpc) is 2.31. The summed E-state index contributed by atoms with van der Waals surface area (Å²) < 4.78 is 0. The van der Waals surface area contributed by atoms with Gasteiger partial charge in [0.05, 0.1) is 5.84 Å². The van der Waals surface area contributed by atoms with Crippen molar-refractivity contribution >= 4 is 5.84 Å². The van der Waals surface area contributed by atoms with Crippen molar-refractivity contribution in [3.8, 4) is 0 Å². The number of amidine groups is 1. The quantitative estimate of drug-likeness (QED) is 0.230. The number of nitrogens with one attached hydrogen (secondary N) is 1. The number of hydrogen-bond donors (Lipinski definition) is 3. The maximum absolute atomic E-state index is 9.29. The van der Waals surface area contributed by atoms with Crippen molar-refractivity contribution in [2.45, 2.75) is 65.0 Å². The zero-order valence-corrected chi connectivity index (χ0v) is 11.9. The summed E-state index contributed by atoms with van der Waals surface area (Å²) in [7, 11) is 0. The van der Waals surface area contributed by atoms with Gasteiger partial charge in [0.2, 0.25) is 0 Å². The first-order chi connectivity index (χ1) is 8.56. The van der Waals surface area contributed by atoms with E-state index in [0.717, 1.165) is 37.9 Å². The molecular formula is C14H29N3O. The normalized spacial score (nSPS) is 13.6. The highest BCUT2D eigenvalue weighted by Crippen LogP contribution is 2.10. The summed E-state index contributed by atoms with van der Waals surface area (Å²) in [6.07, 6.45) is 7.24. The third kappa shape index (κ3) is 11.6. The third-order valence-corrected chi connectivity index (χ3v) is 2.74. The zero-order valence-electron chi connectivity index (χ0n) is 11.9. The van der Waals surface area contributed by atoms with Gasteiger partial charge in [0.1, 0.15) is 6.23 Å². The number of nitrogens with two attached hydrogens (primary N) is 1. The lowest BCUT2D eigenvalue weighted by Gasteiger charge is -2.09. The van der Waals surface area contributed by atoms with Crippen molar-refractivity contribution < 1.29 is 5.11 Å². The number of aliphatic hydroxyl groups excluding tert-OH is 1. The number of unbranched alkanes of at least 4 members (excludes halogenated alkanes) is 4. The molecule has 106 valence electrons. The molecular weight excluding hydrogens is 226 g/mol. The lowest BCUT2D eigenvalue weighted by molar-refractivity contribution is 0.133. The first kappa shape index (κ1) is 17.1. The van der Waals surface area contributed by atoms with E-state index in [9.17, 15) is 5.11 Å². The van der Waals surface area contributed by atoms with Crippen LogP contribution in [0.1, 0.15) is 58.8 Å². The topological polar surface area (TPSA) is 70.6 Å². The van der Waals surface area contributed by atoms with Crippen LogP contribution in [0, 0.1) is 0 Å². The SMILES string of the molecule is C=C(CCCCCCCNC(O)CC)N=C(C)N. The maximum Gasteiger partial charge on any atom is 0.104 e. The number of hydrogen-bond acceptors (Lipinski definition) is 3. The highest BCUT2D eigenvalue weighted by molar-refractivity contribution is 5.78. The molecule has 0 amide bonds. The van der Waals surface area contributed by atoms with E-state index in [1.54, 1.807) is 6.92 Å². The first-order valence-corrected chi connectivity index (χ1v) is 6.96. The number of aliphatic imine (C=N–C) groups is 1. The summed E-state index contributed by atoms with van der Waals surface area (Å²) in [6, 6.07) is 0. The van der Waals surface area contributed by atoms with Crippen LogP contribution in [0.2, 0.25) is 0 Å². The molecule has 4 nitrogen and oxygen atoms in total. The third-order valence-electron chi connectivity index (χ3n) is 2.74. The predicted octanol–water partition coefficient (Wildman–Crippen LogP) is 2.54. The molecule has 0 aromatic carbocycles. The molecule has 0 aromatic heterocycles. The summed E-state index contributed by atoms with van der Waals surface area (Å²) in [5.74, 6) is 0.584. The van der Waals surface area contributed by atoms with E-state index in [-0.39, 0.29) is 6.23 Å². The summed E-state index contributed by atoms with van der Waals surface area (Å²) >= 11 is 0. The first-order valence-electron chi connectivity index (χ1n) is 6.96. The highest BCUT2D eigenvalue weighted by Gasteiger charge is 1.98. The molecule has 0 aliphatic heterocycles. The Balaban J connectivity index is 3.26. The molecule has 0 spiro atoms. The fourth-order valence-electron chi connectivity index (χ4n) is 1.70. The van der Waals surface area contributed by atoms with Gasteiger partial charge in [0.15, 0.2) is 0 Å². The second-order valence-electron chi connectivity index (χ2n) is 4.72. The Kier molecular flexibility index (Phi) is 10.7. The van der Waals surface area contributed by atoms with Crippen molar-refractivity contribution in [1.82, 2.24) is 5.32 Å². The summed E-state index contributed by atoms with van der Waals surface area (Å²) in [5.41, 5.74) is 6.35. The fourth-order valence-corrected chi connectivity index (χ4v) is 1.70. The standard InChI is InChI=1S/C14H29N3O/c1-4-14(18)16-11-9-7-5-6-8-10-12(2)17-13(3)15/h14,16,18H,2,4-11H2,1,3H3,(H2,15,17). The molecule has 0 aromatic rings. The van der Waals surface area contributed by atoms with E-state index in [4.69, 9.17) is 5.73 Å². The molecule has 0 aliphatic rings. The van der Waals surface area contributed by atoms with Crippen molar-refractivity contribution in [3.05, 3.63) is 12.3 Å². The van der Waals surface area contributed by atoms with Crippen LogP contribution < -0.4 is 11.1 Å². The van der Waals surface area contributed by atoms with Crippen LogP contribution in [0.5, 0.6) is 0 Å². The van der Waals surface area contributed by atoms with Gasteiger partial charge >= 0.3 is 0 Å². The molecule has 4 heteroatoms. The van der Waals surface area contributed by atoms with Crippen LogP contribution in [0.25, 0.3) is 0 Å². The molecule has 0 fully saturated rings. The van der Waals surface area contributed by atoms with Crippen LogP contribution in [-0.2, 0) is 0 Å². The van der Waals surface area contributed by atoms with Gasteiger partial charge in [0, 0.05) is 5.70 Å². The van der Waals surface area contributed by atoms with Crippen molar-refractivity contribution in [3.63, 3.8) is 0 Å². The molecule has 0 bridgehead atoms. The van der Waals surface area contributed by atoms with E-state index in [1.165, 1.54) is 19.3 Å². The molecule has 0 heterocycles. The van der Waals surface area contributed by atoms with Gasteiger partial charge < -0.3 is 10.8 Å². The summed E-state index contributed by atoms with van der Waals surface area (Å²) in [6.45, 7) is 8.52. The van der Waals surface area contributed by atoms with E-state index in [0.29, 0.717) is 5.84 Å². The van der Waals surface area contributed by atoms with Crippen molar-refractivity contribution in [2.75, 3.05) is 6.54 Å². The monoisotopic (exact) mass is 255 g/mol. The van der Waals surface area contributed by atoms with E-state index >= 15 is 0 Å². The highest BCUT2D eigenvalue weighted by atomic mass is 16.3. The Hall–Kier alpha value is -0.870. The van der Waals surface area contributed by atoms with E-state index in [1.807, 2.05) is 6.92 Å². The van der Waals surface area contributed by atoms with Gasteiger partial charge in [-0.3, -0.25) is 5.32 Å². The Labute approximate surface area is 111 Å². The molecule has 0 saturated carbocycles. The Morgan fingerprint density at radius 2 is 1.89 bits per heavy atom. The van der Waals surface area contributed by atoms with Gasteiger partial charge in [0.25, 0.3) is 0 Å². The van der Waals surface area contributed by atoms with Gasteiger partial charge in [-0.25, -0.2) is 4.99 Å². The van der Waals surface area contributed by atoms with Crippen LogP contribution in [0.4, 0.5) is 0 Å². The fraction of sp³-hybridized carbons (Fsp3) is 0.786. The van der Waals surface area contributed by atoms with Crippen molar-refractivity contribution in [2.24, 2.45) is 10.7 Å². The summed E-state index contributed by atoms with van der Waals surface area (Å²) in [4.78, 5) is 4.12. The number of allylic oxidation sites excluding steroid dienone is 1. The van der Waals surface area contributed by atoms with Gasteiger partial charge in [-0.15, -0.1) is 0 Å². The Morgan fingerprint density at radius 1 is 1.28 bits per heavy atom. The minimum Gasteiger partial charge on any atom is -0.387 e. The van der Waals surface area contributed by atoms with Gasteiger partial charge in [-0.1, -0.05) is 32.8 Å². The number of rotatable bonds is 11. The molecule has 0 saturated heterocycles. The minimum atomic E-state index is -0.342. The molecule has 0 aliphatic carbocycles. The van der Waals surface area contributed by atoms with Crippen LogP contribution >= 0.6 is 0 Å². The van der Waals surface area contributed by atoms with E-state index < -0.39 is 0 Å². The molecule has 0 radical (unpaired) electrons. The average molecular weight is 255 g/mol. The number of nitrogens with zero attached hydrogens (tertiary/aromatic N) is 1. The number of aliphatic hydroxyl groups is 1. The van der Waals surface area contributed by atoms with E-state index in [2.05, 4.69) is 16.9 Å². The molecule has 18 heavy (non-hydrogen) atoms. The largest absolute Gasteiger partial charge is 0.387 e. The van der Waals surface area contributed by atoms with Crippen LogP contribution in [0.3, 0.4) is 0 Å². The molecule has 1 atom stereocenters. The van der Waals surface area contributed by atoms with Crippen LogP contribution in [-0.4, -0.2) is 23.7 Å². The van der Waals surface area contributed by atoms with Gasteiger partial charge in [-0.2, -0.15) is 0 Å². The lowest BCUT2D eigenvalue weighted by Crippen LogP contribution is -2.28. The van der Waals surface area contributed by atoms with Crippen molar-refractivity contribution in [1.29, 1.82) is 0 Å². The second-order valence-corrected chi connectivity index (χ2v) is 4.72. The lowest BCUT2D eigenvalue weighted by atomic mass is 10.1. The Bertz CT molecular complexity index is 247. The minimum absolute atomic E-state index is 0.342. The second kappa shape index (κ2) is 11.2. The molecule has 0 rings (SSSR count). The Morgan fingerprint density at radius 3 is 2.50 bits per heavy atom. The van der Waals surface area contributed by atoms with Crippen LogP contribution in [0.15, 0.2) is 17.3 Å².